The summed E-state index contributed by atoms with van der Waals surface area (Å²) in [5.41, 5.74) is 18.6. The van der Waals surface area contributed by atoms with Crippen LogP contribution in [0.1, 0.15) is 62.0 Å². The van der Waals surface area contributed by atoms with Crippen molar-refractivity contribution in [3.8, 4) is 0 Å². The molecule has 4 heteroatoms. The maximum absolute atomic E-state index is 6.67. The summed E-state index contributed by atoms with van der Waals surface area (Å²) in [5, 5.41) is 8.53. The van der Waals surface area contributed by atoms with Gasteiger partial charge in [-0.05, 0) is 84.4 Å². The summed E-state index contributed by atoms with van der Waals surface area (Å²) in [6.45, 7) is 4.35. The van der Waals surface area contributed by atoms with Crippen LogP contribution >= 0.6 is 0 Å². The van der Waals surface area contributed by atoms with E-state index in [1.165, 1.54) is 48.6 Å². The summed E-state index contributed by atoms with van der Waals surface area (Å²) < 4.78 is 0. The molecule has 1 heterocycles. The zero-order valence-electron chi connectivity index (χ0n) is 15.8. The van der Waals surface area contributed by atoms with E-state index in [1.807, 2.05) is 6.20 Å². The van der Waals surface area contributed by atoms with Gasteiger partial charge in [0.1, 0.15) is 0 Å². The molecule has 3 fully saturated rings. The van der Waals surface area contributed by atoms with Gasteiger partial charge in [0.25, 0.3) is 0 Å². The van der Waals surface area contributed by atoms with E-state index in [1.54, 1.807) is 6.20 Å². The first-order valence-electron chi connectivity index (χ1n) is 10.1. The number of H-pyrrole nitrogens is 1. The van der Waals surface area contributed by atoms with Crippen molar-refractivity contribution in [2.75, 3.05) is 0 Å². The quantitative estimate of drug-likeness (QED) is 0.686. The number of hydrogen-bond donors (Lipinski definition) is 3. The fraction of sp³-hybridized carbons (Fsp3) is 0.435. The van der Waals surface area contributed by atoms with Gasteiger partial charge in [0.05, 0.1) is 11.7 Å². The Labute approximate surface area is 160 Å². The molecule has 5 N–H and O–H groups in total. The van der Waals surface area contributed by atoms with E-state index in [4.69, 9.17) is 11.5 Å². The Morgan fingerprint density at radius 2 is 2.00 bits per heavy atom. The second-order valence-corrected chi connectivity index (χ2v) is 8.98. The molecule has 0 bridgehead atoms. The molecule has 0 amide bonds. The van der Waals surface area contributed by atoms with Gasteiger partial charge in [-0.15, -0.1) is 0 Å². The van der Waals surface area contributed by atoms with Crippen LogP contribution in [0.15, 0.2) is 48.8 Å². The number of aromatic amines is 1. The molecule has 0 unspecified atom stereocenters. The van der Waals surface area contributed by atoms with Crippen LogP contribution in [0.25, 0.3) is 16.5 Å². The topological polar surface area (TPSA) is 80.7 Å². The number of nitrogens with zero attached hydrogens (tertiary/aromatic N) is 1. The van der Waals surface area contributed by atoms with Gasteiger partial charge in [-0.3, -0.25) is 5.10 Å². The van der Waals surface area contributed by atoms with Crippen LogP contribution < -0.4 is 11.5 Å². The SMILES string of the molecule is C=C(/C=C\C(=C/N)C1(N)CC2(CCC2)C1)c1ccc2[nH]ncc2c1C1CC1. The highest BCUT2D eigenvalue weighted by atomic mass is 15.1. The number of nitrogens with two attached hydrogens (primary N) is 2. The Morgan fingerprint density at radius 1 is 1.22 bits per heavy atom. The van der Waals surface area contributed by atoms with Gasteiger partial charge >= 0.3 is 0 Å². The van der Waals surface area contributed by atoms with Gasteiger partial charge in [-0.1, -0.05) is 31.2 Å². The third kappa shape index (κ3) is 2.66. The van der Waals surface area contributed by atoms with E-state index < -0.39 is 0 Å². The van der Waals surface area contributed by atoms with Crippen molar-refractivity contribution < 1.29 is 0 Å². The van der Waals surface area contributed by atoms with Crippen molar-refractivity contribution in [2.24, 2.45) is 16.9 Å². The number of aromatic nitrogens is 2. The first-order chi connectivity index (χ1) is 13.0. The van der Waals surface area contributed by atoms with Gasteiger partial charge in [-0.25, -0.2) is 0 Å². The first-order valence-corrected chi connectivity index (χ1v) is 10.1. The zero-order valence-corrected chi connectivity index (χ0v) is 15.8. The minimum absolute atomic E-state index is 0.264. The number of fused-ring (bicyclic) bond motifs is 1. The van der Waals surface area contributed by atoms with E-state index in [2.05, 4.69) is 41.1 Å². The molecule has 1 aromatic carbocycles. The molecule has 0 saturated heterocycles. The van der Waals surface area contributed by atoms with Crippen molar-refractivity contribution in [1.29, 1.82) is 0 Å². The molecule has 3 aliphatic carbocycles. The molecule has 4 nitrogen and oxygen atoms in total. The fourth-order valence-electron chi connectivity index (χ4n) is 5.32. The number of benzene rings is 1. The molecule has 140 valence electrons. The van der Waals surface area contributed by atoms with Crippen LogP contribution in [0, 0.1) is 5.41 Å². The lowest BCUT2D eigenvalue weighted by Crippen LogP contribution is -2.61. The van der Waals surface area contributed by atoms with E-state index in [9.17, 15) is 0 Å². The average Bonchev–Trinajstić information content (AvgIpc) is 3.33. The molecule has 0 aliphatic heterocycles. The smallest absolute Gasteiger partial charge is 0.0653 e. The Balaban J connectivity index is 1.40. The number of allylic oxidation sites excluding steroid dienone is 2. The monoisotopic (exact) mass is 360 g/mol. The second-order valence-electron chi connectivity index (χ2n) is 8.98. The lowest BCUT2D eigenvalue weighted by molar-refractivity contribution is -0.0248. The van der Waals surface area contributed by atoms with E-state index in [0.29, 0.717) is 11.3 Å². The zero-order chi connectivity index (χ0) is 18.6. The molecule has 0 radical (unpaired) electrons. The van der Waals surface area contributed by atoms with Crippen LogP contribution in [0.2, 0.25) is 0 Å². The van der Waals surface area contributed by atoms with Crippen molar-refractivity contribution in [1.82, 2.24) is 10.2 Å². The highest BCUT2D eigenvalue weighted by molar-refractivity contribution is 5.90. The molecule has 0 atom stereocenters. The van der Waals surface area contributed by atoms with Gasteiger partial charge < -0.3 is 11.5 Å². The minimum atomic E-state index is -0.264. The summed E-state index contributed by atoms with van der Waals surface area (Å²) in [7, 11) is 0. The highest BCUT2D eigenvalue weighted by Crippen LogP contribution is 2.61. The van der Waals surface area contributed by atoms with Crippen LogP contribution in [-0.4, -0.2) is 15.7 Å². The van der Waals surface area contributed by atoms with Crippen molar-refractivity contribution in [3.63, 3.8) is 0 Å². The van der Waals surface area contributed by atoms with Gasteiger partial charge in [0.2, 0.25) is 0 Å². The number of nitrogens with one attached hydrogen (secondary N) is 1. The van der Waals surface area contributed by atoms with Crippen LogP contribution in [0.5, 0.6) is 0 Å². The second kappa shape index (κ2) is 5.83. The van der Waals surface area contributed by atoms with Gasteiger partial charge in [-0.2, -0.15) is 5.10 Å². The Bertz CT molecular complexity index is 961. The van der Waals surface area contributed by atoms with Crippen molar-refractivity contribution in [2.45, 2.75) is 56.4 Å². The summed E-state index contributed by atoms with van der Waals surface area (Å²) in [5.74, 6) is 0.627. The highest BCUT2D eigenvalue weighted by Gasteiger charge is 2.56. The van der Waals surface area contributed by atoms with E-state index in [-0.39, 0.29) is 5.54 Å². The molecular formula is C23H28N4. The molecule has 1 aromatic heterocycles. The van der Waals surface area contributed by atoms with Crippen LogP contribution in [0.4, 0.5) is 0 Å². The number of rotatable bonds is 5. The summed E-state index contributed by atoms with van der Waals surface area (Å²) in [6, 6.07) is 4.26. The van der Waals surface area contributed by atoms with Gasteiger partial charge in [0.15, 0.2) is 0 Å². The molecule has 1 spiro atoms. The normalized spacial score (nSPS) is 23.5. The van der Waals surface area contributed by atoms with Crippen LogP contribution in [0.3, 0.4) is 0 Å². The Morgan fingerprint density at radius 3 is 2.63 bits per heavy atom. The standard InChI is InChI=1S/C23H28N4/c1-15(3-6-17(11-24)23(25)13-22(14-23)9-2-10-22)18-7-8-20-19(12-26-27-20)21(18)16-4-5-16/h3,6-8,11-12,16H,1-2,4-5,9-10,13-14,24-25H2,(H,26,27)/b6-3-,17-11+. The van der Waals surface area contributed by atoms with E-state index >= 15 is 0 Å². The number of hydrogen-bond acceptors (Lipinski definition) is 3. The molecule has 27 heavy (non-hydrogen) atoms. The van der Waals surface area contributed by atoms with Crippen molar-refractivity contribution >= 4 is 16.5 Å². The predicted octanol–water partition coefficient (Wildman–Crippen LogP) is 4.51. The maximum atomic E-state index is 6.67. The van der Waals surface area contributed by atoms with E-state index in [0.717, 1.165) is 29.5 Å². The molecule has 2 aromatic rings. The third-order valence-corrected chi connectivity index (χ3v) is 7.01. The lowest BCUT2D eigenvalue weighted by atomic mass is 9.47. The lowest BCUT2D eigenvalue weighted by Gasteiger charge is -2.60. The molecule has 3 aliphatic rings. The third-order valence-electron chi connectivity index (χ3n) is 7.01. The summed E-state index contributed by atoms with van der Waals surface area (Å²) >= 11 is 0. The van der Waals surface area contributed by atoms with Crippen LogP contribution in [-0.2, 0) is 0 Å². The molecule has 5 rings (SSSR count). The summed E-state index contributed by atoms with van der Waals surface area (Å²) in [6.07, 6.45) is 16.4. The van der Waals surface area contributed by atoms with Gasteiger partial charge in [0, 0.05) is 10.9 Å². The summed E-state index contributed by atoms with van der Waals surface area (Å²) in [4.78, 5) is 0. The maximum Gasteiger partial charge on any atom is 0.0653 e. The Kier molecular flexibility index (Phi) is 3.63. The minimum Gasteiger partial charge on any atom is -0.404 e. The largest absolute Gasteiger partial charge is 0.404 e. The molecule has 3 saturated carbocycles. The van der Waals surface area contributed by atoms with Crippen molar-refractivity contribution in [3.05, 3.63) is 60.0 Å². The predicted molar refractivity (Wildman–Crippen MR) is 111 cm³/mol. The first kappa shape index (κ1) is 16.8. The Hall–Kier alpha value is -2.33. The average molecular weight is 361 g/mol. The fourth-order valence-corrected chi connectivity index (χ4v) is 5.32. The molecular weight excluding hydrogens is 332 g/mol.